The molecule has 0 rings (SSSR count). The minimum Gasteiger partial charge on any atom is -0.466 e. The van der Waals surface area contributed by atoms with Gasteiger partial charge in [0.05, 0.1) is 25.4 Å². The molecule has 0 saturated heterocycles. The fourth-order valence-corrected chi connectivity index (χ4v) is 10.7. The van der Waals surface area contributed by atoms with Crippen molar-refractivity contribution in [3.63, 3.8) is 0 Å². The van der Waals surface area contributed by atoms with Crippen molar-refractivity contribution in [2.24, 2.45) is 0 Å². The van der Waals surface area contributed by atoms with Gasteiger partial charge in [0.25, 0.3) is 0 Å². The summed E-state index contributed by atoms with van der Waals surface area (Å²) in [4.78, 5) is 24.5. The molecule has 6 nitrogen and oxygen atoms in total. The van der Waals surface area contributed by atoms with Crippen molar-refractivity contribution >= 4 is 11.9 Å². The molecular formula is C72H135NO5. The summed E-state index contributed by atoms with van der Waals surface area (Å²) in [7, 11) is 0. The summed E-state index contributed by atoms with van der Waals surface area (Å²) < 4.78 is 5.51. The van der Waals surface area contributed by atoms with E-state index in [1.165, 1.54) is 295 Å². The van der Waals surface area contributed by atoms with Crippen molar-refractivity contribution in [2.75, 3.05) is 13.2 Å². The van der Waals surface area contributed by atoms with Gasteiger partial charge in [-0.2, -0.15) is 0 Å². The zero-order valence-corrected chi connectivity index (χ0v) is 52.4. The highest BCUT2D eigenvalue weighted by Gasteiger charge is 2.18. The van der Waals surface area contributed by atoms with Crippen LogP contribution >= 0.6 is 0 Å². The zero-order chi connectivity index (χ0) is 56.4. The highest BCUT2D eigenvalue weighted by Crippen LogP contribution is 2.18. The molecular weight excluding hydrogens is 959 g/mol. The summed E-state index contributed by atoms with van der Waals surface area (Å²) in [5.74, 6) is -0.0522. The third-order valence-corrected chi connectivity index (χ3v) is 16.1. The SMILES string of the molecule is CCCCC/C=C\C/C=C\CCCCCCCCCCCC(=O)OCCCCCCCCCCCCCC/C=C\CCCCCCCCCCCCCCCCCCCC(=O)NC(CO)C(O)/C=C/CCCCCCCCC. The van der Waals surface area contributed by atoms with Crippen molar-refractivity contribution < 1.29 is 24.5 Å². The maximum atomic E-state index is 12.4. The molecule has 1 amide bonds. The van der Waals surface area contributed by atoms with E-state index in [9.17, 15) is 19.8 Å². The van der Waals surface area contributed by atoms with E-state index >= 15 is 0 Å². The lowest BCUT2D eigenvalue weighted by Gasteiger charge is -2.20. The average molecular weight is 1090 g/mol. The van der Waals surface area contributed by atoms with Crippen molar-refractivity contribution in [3.05, 3.63) is 48.6 Å². The second-order valence-electron chi connectivity index (χ2n) is 23.9. The Balaban J connectivity index is 3.32. The molecule has 0 aliphatic carbocycles. The summed E-state index contributed by atoms with van der Waals surface area (Å²) in [5, 5.41) is 23.0. The fourth-order valence-electron chi connectivity index (χ4n) is 10.7. The normalized spacial score (nSPS) is 12.8. The van der Waals surface area contributed by atoms with Crippen LogP contribution in [0, 0.1) is 0 Å². The molecule has 0 aromatic carbocycles. The number of esters is 1. The van der Waals surface area contributed by atoms with Gasteiger partial charge in [-0.3, -0.25) is 9.59 Å². The largest absolute Gasteiger partial charge is 0.466 e. The Morgan fingerprint density at radius 2 is 0.641 bits per heavy atom. The number of allylic oxidation sites excluding steroid dienone is 7. The highest BCUT2D eigenvalue weighted by molar-refractivity contribution is 5.76. The summed E-state index contributed by atoms with van der Waals surface area (Å²) in [6, 6.07) is -0.624. The monoisotopic (exact) mass is 1090 g/mol. The van der Waals surface area contributed by atoms with Crippen molar-refractivity contribution in [2.45, 2.75) is 386 Å². The Kier molecular flexibility index (Phi) is 65.4. The smallest absolute Gasteiger partial charge is 0.305 e. The molecule has 0 aromatic rings. The number of carbonyl (C=O) groups is 2. The van der Waals surface area contributed by atoms with E-state index < -0.39 is 12.1 Å². The number of rotatable bonds is 65. The predicted octanol–water partition coefficient (Wildman–Crippen LogP) is 22.5. The number of hydrogen-bond acceptors (Lipinski definition) is 5. The van der Waals surface area contributed by atoms with E-state index in [1.54, 1.807) is 6.08 Å². The maximum Gasteiger partial charge on any atom is 0.305 e. The van der Waals surface area contributed by atoms with Gasteiger partial charge in [0.15, 0.2) is 0 Å². The molecule has 0 aliphatic rings. The third-order valence-electron chi connectivity index (χ3n) is 16.1. The number of hydrogen-bond donors (Lipinski definition) is 3. The molecule has 3 N–H and O–H groups in total. The Hall–Kier alpha value is -2.18. The molecule has 0 spiro atoms. The molecule has 0 aromatic heterocycles. The second kappa shape index (κ2) is 67.3. The van der Waals surface area contributed by atoms with Crippen molar-refractivity contribution in [1.29, 1.82) is 0 Å². The Bertz CT molecular complexity index is 1310. The molecule has 458 valence electrons. The van der Waals surface area contributed by atoms with Crippen LogP contribution in [-0.4, -0.2) is 47.4 Å². The number of ether oxygens (including phenoxy) is 1. The molecule has 2 atom stereocenters. The molecule has 78 heavy (non-hydrogen) atoms. The second-order valence-corrected chi connectivity index (χ2v) is 23.9. The van der Waals surface area contributed by atoms with Crippen molar-refractivity contribution in [3.8, 4) is 0 Å². The van der Waals surface area contributed by atoms with Gasteiger partial charge in [-0.1, -0.05) is 319 Å². The van der Waals surface area contributed by atoms with Gasteiger partial charge in [0, 0.05) is 12.8 Å². The van der Waals surface area contributed by atoms with E-state index in [0.29, 0.717) is 19.4 Å². The van der Waals surface area contributed by atoms with E-state index in [-0.39, 0.29) is 18.5 Å². The van der Waals surface area contributed by atoms with E-state index in [1.807, 2.05) is 6.08 Å². The first-order valence-electron chi connectivity index (χ1n) is 34.9. The van der Waals surface area contributed by atoms with Crippen LogP contribution in [0.15, 0.2) is 48.6 Å². The molecule has 0 bridgehead atoms. The van der Waals surface area contributed by atoms with Crippen LogP contribution in [0.3, 0.4) is 0 Å². The Morgan fingerprint density at radius 3 is 1.01 bits per heavy atom. The maximum absolute atomic E-state index is 12.4. The summed E-state index contributed by atoms with van der Waals surface area (Å²) in [5.41, 5.74) is 0. The van der Waals surface area contributed by atoms with Crippen LogP contribution in [0.2, 0.25) is 0 Å². The summed E-state index contributed by atoms with van der Waals surface area (Å²) in [6.45, 7) is 4.87. The van der Waals surface area contributed by atoms with E-state index in [4.69, 9.17) is 4.74 Å². The lowest BCUT2D eigenvalue weighted by Crippen LogP contribution is -2.45. The van der Waals surface area contributed by atoms with Gasteiger partial charge in [-0.05, 0) is 89.9 Å². The van der Waals surface area contributed by atoms with Crippen LogP contribution in [-0.2, 0) is 14.3 Å². The zero-order valence-electron chi connectivity index (χ0n) is 52.4. The average Bonchev–Trinajstić information content (AvgIpc) is 3.44. The molecule has 2 unspecified atom stereocenters. The minimum absolute atomic E-state index is 0.0146. The van der Waals surface area contributed by atoms with Crippen LogP contribution in [0.5, 0.6) is 0 Å². The quantitative estimate of drug-likeness (QED) is 0.0320. The van der Waals surface area contributed by atoms with Gasteiger partial charge in [0.1, 0.15) is 0 Å². The lowest BCUT2D eigenvalue weighted by atomic mass is 10.0. The van der Waals surface area contributed by atoms with Crippen molar-refractivity contribution in [1.82, 2.24) is 5.32 Å². The van der Waals surface area contributed by atoms with E-state index in [0.717, 1.165) is 51.4 Å². The molecule has 0 aliphatic heterocycles. The van der Waals surface area contributed by atoms with Gasteiger partial charge in [-0.15, -0.1) is 0 Å². The summed E-state index contributed by atoms with van der Waals surface area (Å²) in [6.07, 6.45) is 87.8. The molecule has 0 saturated carbocycles. The standard InChI is InChI=1S/C72H135NO5/c1-3-5-7-9-11-13-14-15-16-17-33-37-40-43-46-50-54-58-62-66-72(77)78-67-63-59-55-51-47-44-41-38-35-32-30-28-26-24-22-20-18-19-21-23-25-27-29-31-34-36-39-42-45-49-53-57-61-65-71(76)73-69(68-74)70(75)64-60-56-52-48-12-10-8-6-4-2/h11,13,15-16,22,24,60,64,69-70,74-75H,3-10,12,14,17-21,23,25-59,61-63,65-68H2,1-2H3,(H,73,76)/b13-11-,16-15-,24-22-,64-60+. The first-order valence-corrected chi connectivity index (χ1v) is 34.9. The number of nitrogens with one attached hydrogen (secondary N) is 1. The minimum atomic E-state index is -0.840. The predicted molar refractivity (Wildman–Crippen MR) is 342 cm³/mol. The number of amides is 1. The van der Waals surface area contributed by atoms with Gasteiger partial charge >= 0.3 is 5.97 Å². The molecule has 0 heterocycles. The lowest BCUT2D eigenvalue weighted by molar-refractivity contribution is -0.143. The van der Waals surface area contributed by atoms with Crippen LogP contribution in [0.25, 0.3) is 0 Å². The Morgan fingerprint density at radius 1 is 0.359 bits per heavy atom. The number of unbranched alkanes of at least 4 members (excludes halogenated alkanes) is 48. The summed E-state index contributed by atoms with van der Waals surface area (Å²) >= 11 is 0. The third kappa shape index (κ3) is 63.0. The van der Waals surface area contributed by atoms with Gasteiger partial charge in [-0.25, -0.2) is 0 Å². The number of aliphatic hydroxyl groups is 2. The van der Waals surface area contributed by atoms with E-state index in [2.05, 4.69) is 55.6 Å². The van der Waals surface area contributed by atoms with Crippen LogP contribution in [0.4, 0.5) is 0 Å². The number of aliphatic hydroxyl groups excluding tert-OH is 2. The molecule has 0 radical (unpaired) electrons. The highest BCUT2D eigenvalue weighted by atomic mass is 16.5. The van der Waals surface area contributed by atoms with Crippen LogP contribution in [0.1, 0.15) is 373 Å². The van der Waals surface area contributed by atoms with Crippen LogP contribution < -0.4 is 5.32 Å². The topological polar surface area (TPSA) is 95.9 Å². The Labute approximate surface area is 486 Å². The fraction of sp³-hybridized carbons (Fsp3) is 0.861. The van der Waals surface area contributed by atoms with Gasteiger partial charge < -0.3 is 20.3 Å². The van der Waals surface area contributed by atoms with Gasteiger partial charge in [0.2, 0.25) is 5.91 Å². The first-order chi connectivity index (χ1) is 38.5. The number of carbonyl (C=O) groups excluding carboxylic acids is 2. The first kappa shape index (κ1) is 75.8. The molecule has 6 heteroatoms. The molecule has 0 fully saturated rings.